The molecule has 10 atom stereocenters. The van der Waals surface area contributed by atoms with Crippen molar-refractivity contribution in [2.24, 2.45) is 0 Å². The molecule has 10 heteroatoms. The van der Waals surface area contributed by atoms with Gasteiger partial charge < -0.3 is 9.47 Å². The van der Waals surface area contributed by atoms with Gasteiger partial charge in [-0.15, -0.1) is 0 Å². The van der Waals surface area contributed by atoms with Gasteiger partial charge in [-0.2, -0.15) is 0 Å². The van der Waals surface area contributed by atoms with Crippen molar-refractivity contribution in [3.63, 3.8) is 0 Å². The molecule has 1 heterocycles. The van der Waals surface area contributed by atoms with Gasteiger partial charge in [-0.05, 0) is 0 Å². The third kappa shape index (κ3) is 2.93. The van der Waals surface area contributed by atoms with Crippen molar-refractivity contribution in [2.75, 3.05) is 0 Å². The van der Waals surface area contributed by atoms with E-state index in [9.17, 15) is 9.59 Å². The van der Waals surface area contributed by atoms with Gasteiger partial charge in [-0.3, -0.25) is 9.59 Å². The van der Waals surface area contributed by atoms with Gasteiger partial charge in [0.2, 0.25) is 11.6 Å². The van der Waals surface area contributed by atoms with E-state index in [0.717, 1.165) is 0 Å². The summed E-state index contributed by atoms with van der Waals surface area (Å²) in [5.41, 5.74) is 0. The molecule has 0 aromatic heterocycles. The SMILES string of the molecule is O=C1C(=O)C(Br)C2OC3C(Br)C(Br)C(Br)C(Br)C3OC2C1Br. The highest BCUT2D eigenvalue weighted by Gasteiger charge is 2.59. The summed E-state index contributed by atoms with van der Waals surface area (Å²) in [6, 6.07) is 0. The highest BCUT2D eigenvalue weighted by atomic mass is 79.9. The van der Waals surface area contributed by atoms with Gasteiger partial charge in [0, 0.05) is 9.65 Å². The van der Waals surface area contributed by atoms with Crippen LogP contribution >= 0.6 is 95.6 Å². The number of alkyl halides is 6. The van der Waals surface area contributed by atoms with Gasteiger partial charge in [0.15, 0.2) is 0 Å². The number of ether oxygens (including phenoxy) is 2. The first-order valence-electron chi connectivity index (χ1n) is 6.49. The van der Waals surface area contributed by atoms with E-state index in [0.29, 0.717) is 0 Å². The molecule has 4 nitrogen and oxygen atoms in total. The zero-order valence-corrected chi connectivity index (χ0v) is 20.2. The monoisotopic (exact) mass is 692 g/mol. The maximum Gasteiger partial charge on any atom is 0.215 e. The number of hydrogen-bond acceptors (Lipinski definition) is 4. The molecule has 3 rings (SSSR count). The Morgan fingerprint density at radius 1 is 0.545 bits per heavy atom. The van der Waals surface area contributed by atoms with Crippen LogP contribution in [0, 0.1) is 0 Å². The summed E-state index contributed by atoms with van der Waals surface area (Å²) in [5.74, 6) is -0.951. The molecule has 0 aromatic carbocycles. The normalized spacial score (nSPS) is 55.5. The molecule has 3 fully saturated rings. The van der Waals surface area contributed by atoms with Crippen molar-refractivity contribution >= 4 is 107 Å². The number of hydrogen-bond donors (Lipinski definition) is 0. The Morgan fingerprint density at radius 3 is 1.18 bits per heavy atom. The van der Waals surface area contributed by atoms with Crippen LogP contribution in [0.5, 0.6) is 0 Å². The molecule has 1 aliphatic heterocycles. The minimum Gasteiger partial charge on any atom is -0.367 e. The second kappa shape index (κ2) is 7.04. The molecule has 0 spiro atoms. The molecular formula is C12H10Br6O4. The van der Waals surface area contributed by atoms with E-state index < -0.39 is 33.4 Å². The lowest BCUT2D eigenvalue weighted by Crippen LogP contribution is -2.69. The maximum absolute atomic E-state index is 12.0. The Morgan fingerprint density at radius 2 is 0.864 bits per heavy atom. The van der Waals surface area contributed by atoms with Crippen LogP contribution in [0.25, 0.3) is 0 Å². The van der Waals surface area contributed by atoms with Crippen molar-refractivity contribution in [2.45, 2.75) is 53.4 Å². The minimum atomic E-state index is -0.677. The van der Waals surface area contributed by atoms with Gasteiger partial charge in [0.05, 0.1) is 21.9 Å². The van der Waals surface area contributed by atoms with Gasteiger partial charge in [0.1, 0.15) is 21.9 Å². The topological polar surface area (TPSA) is 52.6 Å². The van der Waals surface area contributed by atoms with Crippen LogP contribution in [0.15, 0.2) is 0 Å². The summed E-state index contributed by atoms with van der Waals surface area (Å²) < 4.78 is 12.4. The second-order valence-corrected chi connectivity index (χ2v) is 11.6. The Balaban J connectivity index is 1.91. The molecule has 0 N–H and O–H groups in total. The number of carbonyl (C=O) groups excluding carboxylic acids is 2. The number of carbonyl (C=O) groups is 2. The Labute approximate surface area is 177 Å². The smallest absolute Gasteiger partial charge is 0.215 e. The Bertz CT molecular complexity index is 460. The standard InChI is InChI=1S/C12H10Br6O4/c13-1-2(14)4(16)10-9(3(1)15)21-11-5(17)7(19)8(20)6(18)12(11)22-10/h1-6,9-12H. The summed E-state index contributed by atoms with van der Waals surface area (Å²) >= 11 is 21.2. The van der Waals surface area contributed by atoms with Gasteiger partial charge in [0.25, 0.3) is 0 Å². The summed E-state index contributed by atoms with van der Waals surface area (Å²) in [5, 5.41) is 0. The van der Waals surface area contributed by atoms with Crippen LogP contribution in [0.2, 0.25) is 0 Å². The lowest BCUT2D eigenvalue weighted by Gasteiger charge is -2.53. The van der Waals surface area contributed by atoms with E-state index in [1.165, 1.54) is 0 Å². The number of Topliss-reactive ketones (excluding diaryl/α,β-unsaturated/α-hetero) is 2. The first kappa shape index (κ1) is 18.9. The van der Waals surface area contributed by atoms with E-state index in [1.54, 1.807) is 0 Å². The second-order valence-electron chi connectivity index (χ2n) is 5.44. The average Bonchev–Trinajstić information content (AvgIpc) is 2.52. The minimum absolute atomic E-state index is 0.0119. The highest BCUT2D eigenvalue weighted by Crippen LogP contribution is 2.46. The van der Waals surface area contributed by atoms with Crippen molar-refractivity contribution < 1.29 is 19.1 Å². The molecule has 2 saturated carbocycles. The highest BCUT2D eigenvalue weighted by molar-refractivity contribution is 9.14. The first-order valence-corrected chi connectivity index (χ1v) is 12.0. The lowest BCUT2D eigenvalue weighted by molar-refractivity contribution is -0.224. The molecule has 0 amide bonds. The summed E-state index contributed by atoms with van der Waals surface area (Å²) in [7, 11) is 0. The van der Waals surface area contributed by atoms with E-state index in [4.69, 9.17) is 9.47 Å². The number of rotatable bonds is 0. The van der Waals surface area contributed by atoms with E-state index in [1.807, 2.05) is 0 Å². The first-order chi connectivity index (χ1) is 10.3. The van der Waals surface area contributed by atoms with Crippen LogP contribution in [-0.4, -0.2) is 64.9 Å². The Hall–Kier alpha value is 2.14. The number of ketones is 2. The van der Waals surface area contributed by atoms with Gasteiger partial charge in [-0.1, -0.05) is 95.6 Å². The van der Waals surface area contributed by atoms with Crippen LogP contribution in [0.3, 0.4) is 0 Å². The average molecular weight is 698 g/mol. The molecular weight excluding hydrogens is 688 g/mol. The fourth-order valence-electron chi connectivity index (χ4n) is 2.94. The van der Waals surface area contributed by atoms with Gasteiger partial charge in [-0.25, -0.2) is 0 Å². The molecule has 124 valence electrons. The maximum atomic E-state index is 12.0. The molecule has 0 radical (unpaired) electrons. The molecule has 10 unspecified atom stereocenters. The third-order valence-corrected chi connectivity index (χ3v) is 12.6. The van der Waals surface area contributed by atoms with Crippen LogP contribution in [0.4, 0.5) is 0 Å². The van der Waals surface area contributed by atoms with Crippen LogP contribution in [0.1, 0.15) is 0 Å². The van der Waals surface area contributed by atoms with E-state index in [2.05, 4.69) is 95.6 Å². The van der Waals surface area contributed by atoms with Crippen molar-refractivity contribution in [3.8, 4) is 0 Å². The molecule has 3 aliphatic rings. The van der Waals surface area contributed by atoms with Crippen molar-refractivity contribution in [1.82, 2.24) is 0 Å². The van der Waals surface area contributed by atoms with Crippen molar-refractivity contribution in [1.29, 1.82) is 0 Å². The third-order valence-electron chi connectivity index (χ3n) is 4.14. The molecule has 2 aliphatic carbocycles. The fourth-order valence-corrected chi connectivity index (χ4v) is 7.83. The molecule has 22 heavy (non-hydrogen) atoms. The van der Waals surface area contributed by atoms with Crippen molar-refractivity contribution in [3.05, 3.63) is 0 Å². The van der Waals surface area contributed by atoms with Gasteiger partial charge >= 0.3 is 0 Å². The quantitative estimate of drug-likeness (QED) is 0.289. The van der Waals surface area contributed by atoms with Crippen LogP contribution in [-0.2, 0) is 19.1 Å². The number of fused-ring (bicyclic) bond motifs is 2. The fraction of sp³-hybridized carbons (Fsp3) is 0.833. The van der Waals surface area contributed by atoms with E-state index in [-0.39, 0.29) is 31.5 Å². The zero-order valence-electron chi connectivity index (χ0n) is 10.7. The van der Waals surface area contributed by atoms with E-state index >= 15 is 0 Å². The summed E-state index contributed by atoms with van der Waals surface area (Å²) in [6.45, 7) is 0. The predicted molar refractivity (Wildman–Crippen MR) is 104 cm³/mol. The van der Waals surface area contributed by atoms with Crippen LogP contribution < -0.4 is 0 Å². The Kier molecular flexibility index (Phi) is 6.05. The summed E-state index contributed by atoms with van der Waals surface area (Å²) in [6.07, 6.45) is -1.46. The molecule has 0 bridgehead atoms. The summed E-state index contributed by atoms with van der Waals surface area (Å²) in [4.78, 5) is 23.0. The molecule has 1 saturated heterocycles. The predicted octanol–water partition coefficient (Wildman–Crippen LogP) is 3.25. The largest absolute Gasteiger partial charge is 0.367 e. The molecule has 0 aromatic rings. The lowest BCUT2D eigenvalue weighted by atomic mass is 9.87. The zero-order chi connectivity index (χ0) is 16.3. The number of halogens is 6.